The molecule has 0 unspecified atom stereocenters. The van der Waals surface area contributed by atoms with Gasteiger partial charge >= 0.3 is 0 Å². The summed E-state index contributed by atoms with van der Waals surface area (Å²) in [5.41, 5.74) is 8.20. The molecule has 4 heteroatoms. The van der Waals surface area contributed by atoms with E-state index in [1.807, 2.05) is 24.5 Å². The number of benzene rings is 1. The van der Waals surface area contributed by atoms with Crippen LogP contribution >= 0.6 is 11.8 Å². The third-order valence-electron chi connectivity index (χ3n) is 2.33. The van der Waals surface area contributed by atoms with E-state index < -0.39 is 0 Å². The zero-order valence-corrected chi connectivity index (χ0v) is 9.58. The van der Waals surface area contributed by atoms with Crippen LogP contribution in [0.1, 0.15) is 5.56 Å². The maximum absolute atomic E-state index is 5.99. The van der Waals surface area contributed by atoms with Crippen molar-refractivity contribution in [2.75, 3.05) is 12.0 Å². The lowest BCUT2D eigenvalue weighted by molar-refractivity contribution is 0.883. The molecular weight excluding hydrogens is 206 g/mol. The minimum Gasteiger partial charge on any atom is -0.383 e. The normalized spacial score (nSPS) is 10.5. The van der Waals surface area contributed by atoms with Gasteiger partial charge in [0, 0.05) is 0 Å². The maximum atomic E-state index is 5.99. The van der Waals surface area contributed by atoms with Crippen LogP contribution in [0.25, 0.3) is 5.69 Å². The molecule has 0 amide bonds. The van der Waals surface area contributed by atoms with Crippen LogP contribution in [0.5, 0.6) is 0 Å². The average Bonchev–Trinajstić information content (AvgIpc) is 2.60. The molecule has 2 rings (SSSR count). The van der Waals surface area contributed by atoms with Gasteiger partial charge in [0.15, 0.2) is 0 Å². The van der Waals surface area contributed by atoms with Crippen LogP contribution in [0.15, 0.2) is 35.4 Å². The van der Waals surface area contributed by atoms with Gasteiger partial charge in [0.1, 0.15) is 5.82 Å². The van der Waals surface area contributed by atoms with E-state index in [0.717, 1.165) is 10.6 Å². The highest BCUT2D eigenvalue weighted by Gasteiger charge is 2.08. The average molecular weight is 219 g/mol. The van der Waals surface area contributed by atoms with Crippen molar-refractivity contribution in [2.24, 2.45) is 0 Å². The number of para-hydroxylation sites is 1. The Hall–Kier alpha value is -1.42. The van der Waals surface area contributed by atoms with E-state index >= 15 is 0 Å². The van der Waals surface area contributed by atoms with Crippen molar-refractivity contribution in [3.63, 3.8) is 0 Å². The fourth-order valence-corrected chi connectivity index (χ4v) is 1.94. The summed E-state index contributed by atoms with van der Waals surface area (Å²) in [6.45, 7) is 2.05. The van der Waals surface area contributed by atoms with Crippen molar-refractivity contribution in [2.45, 2.75) is 11.8 Å². The fraction of sp³-hybridized carbons (Fsp3) is 0.182. The summed E-state index contributed by atoms with van der Waals surface area (Å²) >= 11 is 1.61. The SMILES string of the molecule is CSc1cnn(-c2ccccc2C)c1N. The summed E-state index contributed by atoms with van der Waals surface area (Å²) in [6, 6.07) is 8.06. The molecule has 1 aromatic carbocycles. The highest BCUT2D eigenvalue weighted by atomic mass is 32.2. The quantitative estimate of drug-likeness (QED) is 0.789. The molecule has 0 aliphatic rings. The van der Waals surface area contributed by atoms with Gasteiger partial charge in [-0.3, -0.25) is 0 Å². The Balaban J connectivity index is 2.55. The van der Waals surface area contributed by atoms with Crippen LogP contribution in [-0.4, -0.2) is 16.0 Å². The first-order chi connectivity index (χ1) is 7.24. The number of thioether (sulfide) groups is 1. The minimum atomic E-state index is 0.705. The largest absolute Gasteiger partial charge is 0.383 e. The van der Waals surface area contributed by atoms with Crippen LogP contribution in [0, 0.1) is 6.92 Å². The molecule has 2 aromatic rings. The van der Waals surface area contributed by atoms with E-state index in [0.29, 0.717) is 5.82 Å². The molecule has 0 spiro atoms. The first-order valence-electron chi connectivity index (χ1n) is 4.67. The molecule has 0 radical (unpaired) electrons. The minimum absolute atomic E-state index is 0.705. The number of rotatable bonds is 2. The molecular formula is C11H13N3S. The second kappa shape index (κ2) is 3.98. The molecule has 78 valence electrons. The van der Waals surface area contributed by atoms with Gasteiger partial charge in [-0.05, 0) is 24.8 Å². The Morgan fingerprint density at radius 2 is 2.07 bits per heavy atom. The number of hydrogen-bond donors (Lipinski definition) is 1. The number of nitrogens with two attached hydrogens (primary N) is 1. The lowest BCUT2D eigenvalue weighted by atomic mass is 10.2. The Morgan fingerprint density at radius 3 is 2.67 bits per heavy atom. The monoisotopic (exact) mass is 219 g/mol. The molecule has 1 aromatic heterocycles. The molecule has 0 bridgehead atoms. The smallest absolute Gasteiger partial charge is 0.140 e. The van der Waals surface area contributed by atoms with Gasteiger partial charge in [-0.2, -0.15) is 5.10 Å². The van der Waals surface area contributed by atoms with Crippen LogP contribution in [0.4, 0.5) is 5.82 Å². The third kappa shape index (κ3) is 1.72. The Bertz CT molecular complexity index is 476. The molecule has 0 saturated heterocycles. The summed E-state index contributed by atoms with van der Waals surface area (Å²) < 4.78 is 1.78. The van der Waals surface area contributed by atoms with Gasteiger partial charge in [-0.1, -0.05) is 18.2 Å². The first kappa shape index (κ1) is 10.1. The molecule has 0 aliphatic heterocycles. The van der Waals surface area contributed by atoms with Gasteiger partial charge < -0.3 is 5.73 Å². The molecule has 0 atom stereocenters. The third-order valence-corrected chi connectivity index (χ3v) is 3.09. The zero-order chi connectivity index (χ0) is 10.8. The second-order valence-corrected chi connectivity index (χ2v) is 4.14. The van der Waals surface area contributed by atoms with Crippen molar-refractivity contribution in [1.82, 2.24) is 9.78 Å². The lowest BCUT2D eigenvalue weighted by Crippen LogP contribution is -2.03. The van der Waals surface area contributed by atoms with Crippen molar-refractivity contribution < 1.29 is 0 Å². The number of anilines is 1. The predicted molar refractivity (Wildman–Crippen MR) is 64.5 cm³/mol. The van der Waals surface area contributed by atoms with E-state index in [-0.39, 0.29) is 0 Å². The van der Waals surface area contributed by atoms with Crippen LogP contribution in [-0.2, 0) is 0 Å². The Labute approximate surface area is 93.3 Å². The van der Waals surface area contributed by atoms with E-state index in [1.165, 1.54) is 5.56 Å². The number of hydrogen-bond acceptors (Lipinski definition) is 3. The number of aryl methyl sites for hydroxylation is 1. The molecule has 1 heterocycles. The van der Waals surface area contributed by atoms with Crippen LogP contribution in [0.3, 0.4) is 0 Å². The lowest BCUT2D eigenvalue weighted by Gasteiger charge is -2.07. The van der Waals surface area contributed by atoms with E-state index in [1.54, 1.807) is 22.6 Å². The molecule has 3 nitrogen and oxygen atoms in total. The number of aromatic nitrogens is 2. The highest BCUT2D eigenvalue weighted by molar-refractivity contribution is 7.98. The summed E-state index contributed by atoms with van der Waals surface area (Å²) in [5.74, 6) is 0.705. The van der Waals surface area contributed by atoms with Crippen LogP contribution in [0.2, 0.25) is 0 Å². The second-order valence-electron chi connectivity index (χ2n) is 3.30. The van der Waals surface area contributed by atoms with Gasteiger partial charge in [0.2, 0.25) is 0 Å². The summed E-state index contributed by atoms with van der Waals surface area (Å²) in [4.78, 5) is 1.01. The Morgan fingerprint density at radius 1 is 1.33 bits per heavy atom. The van der Waals surface area contributed by atoms with E-state index in [4.69, 9.17) is 5.73 Å². The summed E-state index contributed by atoms with van der Waals surface area (Å²) in [5, 5.41) is 4.29. The summed E-state index contributed by atoms with van der Waals surface area (Å²) in [6.07, 6.45) is 3.79. The molecule has 15 heavy (non-hydrogen) atoms. The Kier molecular flexibility index (Phi) is 2.68. The molecule has 0 fully saturated rings. The zero-order valence-electron chi connectivity index (χ0n) is 8.77. The van der Waals surface area contributed by atoms with E-state index in [2.05, 4.69) is 18.1 Å². The van der Waals surface area contributed by atoms with Crippen molar-refractivity contribution in [3.8, 4) is 5.69 Å². The fourth-order valence-electron chi connectivity index (χ4n) is 1.49. The maximum Gasteiger partial charge on any atom is 0.140 e. The molecule has 2 N–H and O–H groups in total. The van der Waals surface area contributed by atoms with E-state index in [9.17, 15) is 0 Å². The van der Waals surface area contributed by atoms with Gasteiger partial charge in [0.05, 0.1) is 16.8 Å². The van der Waals surface area contributed by atoms with Crippen LogP contribution < -0.4 is 5.73 Å². The number of nitrogens with zero attached hydrogens (tertiary/aromatic N) is 2. The standard InChI is InChI=1S/C11H13N3S/c1-8-5-3-4-6-9(8)14-11(12)10(15-2)7-13-14/h3-7H,12H2,1-2H3. The summed E-state index contributed by atoms with van der Waals surface area (Å²) in [7, 11) is 0. The number of nitrogen functional groups attached to an aromatic ring is 1. The predicted octanol–water partition coefficient (Wildman–Crippen LogP) is 2.48. The molecule has 0 saturated carbocycles. The van der Waals surface area contributed by atoms with Gasteiger partial charge in [-0.15, -0.1) is 11.8 Å². The molecule has 0 aliphatic carbocycles. The van der Waals surface area contributed by atoms with Gasteiger partial charge in [-0.25, -0.2) is 4.68 Å². The topological polar surface area (TPSA) is 43.8 Å². The van der Waals surface area contributed by atoms with Crippen molar-refractivity contribution >= 4 is 17.6 Å². The first-order valence-corrected chi connectivity index (χ1v) is 5.90. The van der Waals surface area contributed by atoms with Crippen molar-refractivity contribution in [1.29, 1.82) is 0 Å². The van der Waals surface area contributed by atoms with Gasteiger partial charge in [0.25, 0.3) is 0 Å². The van der Waals surface area contributed by atoms with Crippen molar-refractivity contribution in [3.05, 3.63) is 36.0 Å². The highest BCUT2D eigenvalue weighted by Crippen LogP contribution is 2.25.